The van der Waals surface area contributed by atoms with Crippen molar-refractivity contribution in [3.05, 3.63) is 118 Å². The first-order valence-corrected chi connectivity index (χ1v) is 11.4. The van der Waals surface area contributed by atoms with Crippen molar-refractivity contribution in [2.75, 3.05) is 5.32 Å². The lowest BCUT2D eigenvalue weighted by Crippen LogP contribution is -2.29. The largest absolute Gasteiger partial charge is 0.489 e. The molecular weight excluding hydrogens is 497 g/mol. The summed E-state index contributed by atoms with van der Waals surface area (Å²) in [6, 6.07) is 25.2. The Balaban J connectivity index is 1.48. The van der Waals surface area contributed by atoms with E-state index in [9.17, 15) is 22.8 Å². The lowest BCUT2D eigenvalue weighted by molar-refractivity contribution is -0.140. The van der Waals surface area contributed by atoms with E-state index < -0.39 is 23.3 Å². The van der Waals surface area contributed by atoms with E-state index in [1.54, 1.807) is 54.6 Å². The molecule has 7 nitrogen and oxygen atoms in total. The summed E-state index contributed by atoms with van der Waals surface area (Å²) in [7, 11) is 0. The molecule has 0 aliphatic rings. The molecule has 5 aromatic rings. The summed E-state index contributed by atoms with van der Waals surface area (Å²) in [5, 5.41) is 4.72. The second kappa shape index (κ2) is 9.78. The number of amides is 1. The van der Waals surface area contributed by atoms with Gasteiger partial charge in [0.05, 0.1) is 11.3 Å². The topological polar surface area (TPSA) is 88.5 Å². The number of benzene rings is 2. The Morgan fingerprint density at radius 2 is 1.89 bits per heavy atom. The molecule has 2 aromatic heterocycles. The van der Waals surface area contributed by atoms with Gasteiger partial charge in [-0.05, 0) is 48.4 Å². The first-order valence-electron chi connectivity index (χ1n) is 11.4. The maximum absolute atomic E-state index is 13.9. The number of aryl methyl sites for hydroxylation is 1. The molecule has 2 heterocycles. The summed E-state index contributed by atoms with van der Waals surface area (Å²) in [6.45, 7) is 1.67. The molecule has 0 bridgehead atoms. The van der Waals surface area contributed by atoms with Crippen LogP contribution in [0.1, 0.15) is 27.3 Å². The fourth-order valence-electron chi connectivity index (χ4n) is 4.02. The maximum Gasteiger partial charge on any atom is 0.433 e. The van der Waals surface area contributed by atoms with Gasteiger partial charge in [-0.25, -0.2) is 4.98 Å². The number of nitrogens with zero attached hydrogens (tertiary/aromatic N) is 2. The predicted octanol–water partition coefficient (Wildman–Crippen LogP) is 5.45. The normalized spacial score (nSPS) is 11.3. The van der Waals surface area contributed by atoms with Gasteiger partial charge in [-0.15, -0.1) is 0 Å². The summed E-state index contributed by atoms with van der Waals surface area (Å²) >= 11 is 0. The molecule has 0 aliphatic heterocycles. The molecule has 2 N–H and O–H groups in total. The van der Waals surface area contributed by atoms with Crippen molar-refractivity contribution < 1.29 is 22.7 Å². The average Bonchev–Trinajstić information content (AvgIpc) is 3.29. The second-order valence-corrected chi connectivity index (χ2v) is 8.37. The number of carbonyl (C=O) groups excluding carboxylic acids is 1. The Morgan fingerprint density at radius 1 is 1.11 bits per heavy atom. The minimum Gasteiger partial charge on any atom is -0.489 e. The van der Waals surface area contributed by atoms with Crippen molar-refractivity contribution in [3.63, 3.8) is 0 Å². The highest BCUT2D eigenvalue weighted by Gasteiger charge is 2.38. The molecule has 5 rings (SSSR count). The predicted molar refractivity (Wildman–Crippen MR) is 134 cm³/mol. The number of alkyl halides is 3. The van der Waals surface area contributed by atoms with E-state index in [1.165, 1.54) is 19.1 Å². The number of nitrogens with one attached hydrogen (secondary N) is 2. The number of hydrogen-bond donors (Lipinski definition) is 2. The van der Waals surface area contributed by atoms with E-state index in [1.807, 2.05) is 6.07 Å². The lowest BCUT2D eigenvalue weighted by atomic mass is 10.1. The quantitative estimate of drug-likeness (QED) is 0.314. The Bertz CT molecular complexity index is 1680. The summed E-state index contributed by atoms with van der Waals surface area (Å²) in [5.74, 6) is -0.353. The Labute approximate surface area is 214 Å². The van der Waals surface area contributed by atoms with Crippen LogP contribution in [-0.4, -0.2) is 20.5 Å². The molecule has 3 aromatic carbocycles. The van der Waals surface area contributed by atoms with Crippen molar-refractivity contribution in [2.24, 2.45) is 0 Å². The molecule has 0 aliphatic carbocycles. The van der Waals surface area contributed by atoms with Crippen LogP contribution in [0.25, 0.3) is 16.8 Å². The van der Waals surface area contributed by atoms with Gasteiger partial charge in [0.2, 0.25) is 0 Å². The molecule has 0 saturated heterocycles. The van der Waals surface area contributed by atoms with Gasteiger partial charge < -0.3 is 10.1 Å². The highest BCUT2D eigenvalue weighted by atomic mass is 19.4. The van der Waals surface area contributed by atoms with Crippen LogP contribution in [-0.2, 0) is 12.8 Å². The Kier molecular flexibility index (Phi) is 6.34. The second-order valence-electron chi connectivity index (χ2n) is 8.37. The molecule has 10 heteroatoms. The van der Waals surface area contributed by atoms with Crippen LogP contribution in [0.3, 0.4) is 0 Å². The number of H-pyrrole nitrogens is 1. The third kappa shape index (κ3) is 4.82. The summed E-state index contributed by atoms with van der Waals surface area (Å²) in [4.78, 5) is 30.6. The van der Waals surface area contributed by atoms with Crippen molar-refractivity contribution in [2.45, 2.75) is 19.7 Å². The number of aromatic nitrogens is 3. The molecule has 0 unspecified atom stereocenters. The van der Waals surface area contributed by atoms with E-state index in [0.717, 1.165) is 5.56 Å². The number of aromatic amines is 1. The molecule has 0 spiro atoms. The third-order valence-corrected chi connectivity index (χ3v) is 5.75. The Morgan fingerprint density at radius 3 is 2.61 bits per heavy atom. The fourth-order valence-corrected chi connectivity index (χ4v) is 4.02. The van der Waals surface area contributed by atoms with Crippen molar-refractivity contribution in [3.8, 4) is 16.9 Å². The molecule has 0 fully saturated rings. The number of carbonyl (C=O) groups is 1. The first kappa shape index (κ1) is 24.6. The van der Waals surface area contributed by atoms with Crippen LogP contribution < -0.4 is 15.6 Å². The summed E-state index contributed by atoms with van der Waals surface area (Å²) in [5.41, 5.74) is -1.56. The summed E-state index contributed by atoms with van der Waals surface area (Å²) in [6.07, 6.45) is -4.79. The van der Waals surface area contributed by atoms with Crippen molar-refractivity contribution in [1.82, 2.24) is 14.6 Å². The van der Waals surface area contributed by atoms with Crippen molar-refractivity contribution >= 4 is 17.2 Å². The number of ether oxygens (including phenoxy) is 1. The SMILES string of the molecule is Cc1nc2c(-c3ccccc3)c(C(F)(F)F)[nH]n2c(=O)c1C(=O)Nc1cccc(OCc2cc#ccc2)c1. The van der Waals surface area contributed by atoms with E-state index in [4.69, 9.17) is 4.74 Å². The van der Waals surface area contributed by atoms with Gasteiger partial charge in [0, 0.05) is 11.8 Å². The number of hydrogen-bond acceptors (Lipinski definition) is 4. The first-order chi connectivity index (χ1) is 18.2. The molecule has 38 heavy (non-hydrogen) atoms. The highest BCUT2D eigenvalue weighted by Crippen LogP contribution is 2.38. The molecule has 0 radical (unpaired) electrons. The molecular formula is C28H19F3N4O3. The van der Waals surface area contributed by atoms with Gasteiger partial charge in [-0.3, -0.25) is 14.7 Å². The average molecular weight is 516 g/mol. The number of rotatable bonds is 6. The highest BCUT2D eigenvalue weighted by molar-refractivity contribution is 6.05. The zero-order valence-electron chi connectivity index (χ0n) is 19.9. The monoisotopic (exact) mass is 516 g/mol. The third-order valence-electron chi connectivity index (χ3n) is 5.75. The Hall–Kier alpha value is -5.04. The zero-order chi connectivity index (χ0) is 26.9. The minimum atomic E-state index is -4.79. The van der Waals surface area contributed by atoms with Gasteiger partial charge in [-0.1, -0.05) is 48.5 Å². The van der Waals surface area contributed by atoms with Crippen LogP contribution in [0.5, 0.6) is 5.75 Å². The zero-order valence-corrected chi connectivity index (χ0v) is 19.9. The van der Waals surface area contributed by atoms with Gasteiger partial charge in [0.1, 0.15) is 23.6 Å². The standard InChI is InChI=1S/C28H19F3N4O3/c1-17-22(26(36)33-20-13-8-14-21(15-20)38-16-18-9-4-2-5-10-18)27(37)35-25(32-17)23(19-11-6-3-7-12-19)24(34-35)28(29,30)31/h3-4,6-15,34H,16H2,1H3,(H,33,36). The fraction of sp³-hybridized carbons (Fsp3) is 0.107. The van der Waals surface area contributed by atoms with Crippen LogP contribution in [0.2, 0.25) is 0 Å². The lowest BCUT2D eigenvalue weighted by Gasteiger charge is -2.10. The van der Waals surface area contributed by atoms with E-state index >= 15 is 0 Å². The maximum atomic E-state index is 13.9. The van der Waals surface area contributed by atoms with Gasteiger partial charge in [-0.2, -0.15) is 17.7 Å². The van der Waals surface area contributed by atoms with Gasteiger partial charge in [0.25, 0.3) is 11.5 Å². The van der Waals surface area contributed by atoms with Gasteiger partial charge >= 0.3 is 6.18 Å². The van der Waals surface area contributed by atoms with E-state index in [-0.39, 0.29) is 34.6 Å². The van der Waals surface area contributed by atoms with Crippen LogP contribution in [0.4, 0.5) is 18.9 Å². The molecule has 190 valence electrons. The van der Waals surface area contributed by atoms with Crippen LogP contribution in [0, 0.1) is 19.1 Å². The minimum absolute atomic E-state index is 0.0121. The smallest absolute Gasteiger partial charge is 0.433 e. The van der Waals surface area contributed by atoms with Crippen LogP contribution in [0.15, 0.2) is 77.6 Å². The number of anilines is 1. The molecule has 0 saturated carbocycles. The van der Waals surface area contributed by atoms with E-state index in [0.29, 0.717) is 16.0 Å². The van der Waals surface area contributed by atoms with Gasteiger partial charge in [0.15, 0.2) is 5.65 Å². The number of fused-ring (bicyclic) bond motifs is 1. The van der Waals surface area contributed by atoms with Crippen molar-refractivity contribution in [1.29, 1.82) is 0 Å². The van der Waals surface area contributed by atoms with Crippen LogP contribution >= 0.6 is 0 Å². The molecule has 1 amide bonds. The number of halogens is 3. The van der Waals surface area contributed by atoms with E-state index in [2.05, 4.69) is 27.5 Å². The summed E-state index contributed by atoms with van der Waals surface area (Å²) < 4.78 is 48.1. The molecule has 0 atom stereocenters.